The number of benzene rings is 1. The molecule has 98 valence electrons. The molecule has 2 N–H and O–H groups in total. The largest absolute Gasteiger partial charge is 0.368 e. The van der Waals surface area contributed by atoms with Gasteiger partial charge < -0.3 is 5.73 Å². The van der Waals surface area contributed by atoms with Crippen LogP contribution in [0.15, 0.2) is 35.5 Å². The number of aromatic nitrogens is 2. The van der Waals surface area contributed by atoms with Crippen LogP contribution in [0.4, 0.5) is 11.6 Å². The highest BCUT2D eigenvalue weighted by atomic mass is 35.5. The van der Waals surface area contributed by atoms with Gasteiger partial charge in [0.05, 0.1) is 4.92 Å². The summed E-state index contributed by atoms with van der Waals surface area (Å²) in [6.45, 7) is 0. The summed E-state index contributed by atoms with van der Waals surface area (Å²) in [6.07, 6.45) is 1.12. The minimum atomic E-state index is -0.524. The zero-order valence-corrected chi connectivity index (χ0v) is 11.2. The van der Waals surface area contributed by atoms with Gasteiger partial charge in [-0.25, -0.2) is 4.98 Å². The van der Waals surface area contributed by atoms with Crippen LogP contribution in [0.1, 0.15) is 5.56 Å². The molecule has 1 aromatic heterocycles. The van der Waals surface area contributed by atoms with Crippen molar-refractivity contribution in [1.82, 2.24) is 9.97 Å². The first-order chi connectivity index (χ1) is 9.06. The van der Waals surface area contributed by atoms with Gasteiger partial charge in [-0.05, 0) is 17.7 Å². The molecule has 0 bridgehead atoms. The van der Waals surface area contributed by atoms with Gasteiger partial charge in [-0.3, -0.25) is 10.1 Å². The van der Waals surface area contributed by atoms with E-state index in [0.29, 0.717) is 10.8 Å². The molecule has 1 aromatic carbocycles. The Morgan fingerprint density at radius 2 is 2.05 bits per heavy atom. The van der Waals surface area contributed by atoms with Gasteiger partial charge in [0.1, 0.15) is 6.20 Å². The normalized spacial score (nSPS) is 10.4. The van der Waals surface area contributed by atoms with E-state index in [-0.39, 0.29) is 16.7 Å². The average molecular weight is 297 g/mol. The number of rotatable bonds is 4. The van der Waals surface area contributed by atoms with E-state index >= 15 is 0 Å². The summed E-state index contributed by atoms with van der Waals surface area (Å²) >= 11 is 7.02. The predicted octanol–water partition coefficient (Wildman–Crippen LogP) is 2.91. The zero-order valence-electron chi connectivity index (χ0n) is 9.62. The van der Waals surface area contributed by atoms with Crippen LogP contribution in [0.2, 0.25) is 5.02 Å². The second-order valence-electron chi connectivity index (χ2n) is 3.59. The lowest BCUT2D eigenvalue weighted by Crippen LogP contribution is -2.00. The van der Waals surface area contributed by atoms with Gasteiger partial charge >= 0.3 is 5.69 Å². The molecule has 0 aliphatic heterocycles. The van der Waals surface area contributed by atoms with E-state index in [1.54, 1.807) is 12.1 Å². The summed E-state index contributed by atoms with van der Waals surface area (Å²) in [6, 6.07) is 7.23. The first kappa shape index (κ1) is 13.6. The number of anilines is 1. The number of thioether (sulfide) groups is 1. The SMILES string of the molecule is Nc1ncc([N+](=O)[O-])c(SCc2ccc(Cl)cc2)n1. The van der Waals surface area contributed by atoms with Crippen molar-refractivity contribution in [2.45, 2.75) is 10.8 Å². The first-order valence-corrected chi connectivity index (χ1v) is 6.57. The molecule has 0 unspecified atom stereocenters. The molecular weight excluding hydrogens is 288 g/mol. The third-order valence-corrected chi connectivity index (χ3v) is 3.54. The molecule has 0 atom stereocenters. The fourth-order valence-electron chi connectivity index (χ4n) is 1.34. The molecule has 6 nitrogen and oxygen atoms in total. The third-order valence-electron chi connectivity index (χ3n) is 2.24. The summed E-state index contributed by atoms with van der Waals surface area (Å²) < 4.78 is 0. The molecule has 8 heteroatoms. The first-order valence-electron chi connectivity index (χ1n) is 5.20. The van der Waals surface area contributed by atoms with Gasteiger partial charge in [0, 0.05) is 10.8 Å². The van der Waals surface area contributed by atoms with E-state index < -0.39 is 4.92 Å². The number of hydrogen-bond donors (Lipinski definition) is 1. The van der Waals surface area contributed by atoms with Crippen LogP contribution in [-0.2, 0) is 5.75 Å². The Bertz CT molecular complexity index is 606. The molecule has 2 rings (SSSR count). The van der Waals surface area contributed by atoms with Crippen LogP contribution in [0.5, 0.6) is 0 Å². The summed E-state index contributed by atoms with van der Waals surface area (Å²) in [4.78, 5) is 17.8. The lowest BCUT2D eigenvalue weighted by Gasteiger charge is -2.03. The molecule has 19 heavy (non-hydrogen) atoms. The van der Waals surface area contributed by atoms with Crippen LogP contribution < -0.4 is 5.73 Å². The van der Waals surface area contributed by atoms with Crippen molar-refractivity contribution < 1.29 is 4.92 Å². The summed E-state index contributed by atoms with van der Waals surface area (Å²) in [5, 5.41) is 11.7. The van der Waals surface area contributed by atoms with Gasteiger partial charge in [0.2, 0.25) is 5.95 Å². The maximum Gasteiger partial charge on any atom is 0.319 e. The molecule has 2 aromatic rings. The van der Waals surface area contributed by atoms with Crippen LogP contribution in [0.25, 0.3) is 0 Å². The van der Waals surface area contributed by atoms with Crippen molar-refractivity contribution in [3.63, 3.8) is 0 Å². The molecular formula is C11H9ClN4O2S. The Balaban J connectivity index is 2.16. The fourth-order valence-corrected chi connectivity index (χ4v) is 2.39. The minimum absolute atomic E-state index is 0.0178. The van der Waals surface area contributed by atoms with Gasteiger partial charge in [-0.1, -0.05) is 35.5 Å². The van der Waals surface area contributed by atoms with Crippen LogP contribution in [0.3, 0.4) is 0 Å². The average Bonchev–Trinajstić information content (AvgIpc) is 2.38. The Hall–Kier alpha value is -1.86. The molecule has 0 radical (unpaired) electrons. The van der Waals surface area contributed by atoms with E-state index in [0.717, 1.165) is 11.8 Å². The lowest BCUT2D eigenvalue weighted by atomic mass is 10.2. The quantitative estimate of drug-likeness (QED) is 0.403. The highest BCUT2D eigenvalue weighted by Gasteiger charge is 2.17. The topological polar surface area (TPSA) is 94.9 Å². The van der Waals surface area contributed by atoms with Gasteiger partial charge in [0.15, 0.2) is 5.03 Å². The number of halogens is 1. The molecule has 0 amide bonds. The number of hydrogen-bond acceptors (Lipinski definition) is 6. The van der Waals surface area contributed by atoms with E-state index in [4.69, 9.17) is 17.3 Å². The predicted molar refractivity (Wildman–Crippen MR) is 74.1 cm³/mol. The Labute approximate surface area is 118 Å². The van der Waals surface area contributed by atoms with E-state index in [9.17, 15) is 10.1 Å². The standard InChI is InChI=1S/C11H9ClN4O2S/c12-8-3-1-7(2-4-8)6-19-10-9(16(17)18)5-14-11(13)15-10/h1-5H,6H2,(H2,13,14,15). The molecule has 0 saturated heterocycles. The van der Waals surface area contributed by atoms with Crippen molar-refractivity contribution >= 4 is 35.0 Å². The third kappa shape index (κ3) is 3.55. The molecule has 0 fully saturated rings. The van der Waals surface area contributed by atoms with Crippen LogP contribution in [-0.4, -0.2) is 14.9 Å². The highest BCUT2D eigenvalue weighted by molar-refractivity contribution is 7.98. The zero-order chi connectivity index (χ0) is 13.8. The second kappa shape index (κ2) is 5.85. The van der Waals surface area contributed by atoms with Crippen molar-refractivity contribution in [1.29, 1.82) is 0 Å². The fraction of sp³-hybridized carbons (Fsp3) is 0.0909. The van der Waals surface area contributed by atoms with Crippen LogP contribution in [0, 0.1) is 10.1 Å². The minimum Gasteiger partial charge on any atom is -0.368 e. The van der Waals surface area contributed by atoms with Crippen molar-refractivity contribution in [3.8, 4) is 0 Å². The van der Waals surface area contributed by atoms with Crippen LogP contribution >= 0.6 is 23.4 Å². The molecule has 0 aliphatic carbocycles. The maximum atomic E-state index is 10.8. The smallest absolute Gasteiger partial charge is 0.319 e. The van der Waals surface area contributed by atoms with Gasteiger partial charge in [-0.15, -0.1) is 0 Å². The van der Waals surface area contributed by atoms with Crippen molar-refractivity contribution in [2.24, 2.45) is 0 Å². The number of nitro groups is 1. The number of nitrogen functional groups attached to an aromatic ring is 1. The Kier molecular flexibility index (Phi) is 4.18. The number of nitrogens with two attached hydrogens (primary N) is 1. The lowest BCUT2D eigenvalue weighted by molar-refractivity contribution is -0.388. The summed E-state index contributed by atoms with van der Waals surface area (Å²) in [5.74, 6) is 0.554. The maximum absolute atomic E-state index is 10.8. The van der Waals surface area contributed by atoms with E-state index in [1.807, 2.05) is 12.1 Å². The molecule has 0 saturated carbocycles. The molecule has 0 spiro atoms. The molecule has 1 heterocycles. The van der Waals surface area contributed by atoms with Crippen molar-refractivity contribution in [2.75, 3.05) is 5.73 Å². The molecule has 0 aliphatic rings. The second-order valence-corrected chi connectivity index (χ2v) is 4.99. The monoisotopic (exact) mass is 296 g/mol. The summed E-state index contributed by atoms with van der Waals surface area (Å²) in [5.41, 5.74) is 6.28. The summed E-state index contributed by atoms with van der Waals surface area (Å²) in [7, 11) is 0. The Morgan fingerprint density at radius 1 is 1.37 bits per heavy atom. The van der Waals surface area contributed by atoms with E-state index in [2.05, 4.69) is 9.97 Å². The van der Waals surface area contributed by atoms with E-state index in [1.165, 1.54) is 11.8 Å². The van der Waals surface area contributed by atoms with Crippen molar-refractivity contribution in [3.05, 3.63) is 51.2 Å². The Morgan fingerprint density at radius 3 is 2.68 bits per heavy atom. The van der Waals surface area contributed by atoms with Gasteiger partial charge in [0.25, 0.3) is 0 Å². The number of nitrogens with zero attached hydrogens (tertiary/aromatic N) is 3. The highest BCUT2D eigenvalue weighted by Crippen LogP contribution is 2.29. The van der Waals surface area contributed by atoms with Gasteiger partial charge in [-0.2, -0.15) is 4.98 Å².